The van der Waals surface area contributed by atoms with Crippen molar-refractivity contribution < 1.29 is 8.42 Å². The van der Waals surface area contributed by atoms with Crippen molar-refractivity contribution in [2.24, 2.45) is 0 Å². The van der Waals surface area contributed by atoms with Gasteiger partial charge in [-0.05, 0) is 44.8 Å². The molecule has 10 heteroatoms. The Morgan fingerprint density at radius 3 is 2.45 bits per heavy atom. The zero-order chi connectivity index (χ0) is 26.5. The third kappa shape index (κ3) is 6.31. The van der Waals surface area contributed by atoms with Gasteiger partial charge in [-0.15, -0.1) is 0 Å². The molecular weight excluding hydrogens is 586 g/mol. The van der Waals surface area contributed by atoms with Gasteiger partial charge >= 0.3 is 0 Å². The summed E-state index contributed by atoms with van der Waals surface area (Å²) in [5.74, 6) is 0.743. The van der Waals surface area contributed by atoms with Crippen LogP contribution in [0.1, 0.15) is 16.7 Å². The van der Waals surface area contributed by atoms with Crippen LogP contribution in [0.15, 0.2) is 101 Å². The van der Waals surface area contributed by atoms with E-state index < -0.39 is 10.0 Å². The molecule has 0 spiro atoms. The summed E-state index contributed by atoms with van der Waals surface area (Å²) in [6, 6.07) is 26.5. The first kappa shape index (κ1) is 26.1. The van der Waals surface area contributed by atoms with E-state index >= 15 is 0 Å². The maximum atomic E-state index is 12.4. The zero-order valence-electron chi connectivity index (χ0n) is 20.1. The van der Waals surface area contributed by atoms with Crippen molar-refractivity contribution in [1.29, 1.82) is 0 Å². The molecule has 0 saturated heterocycles. The normalized spacial score (nSPS) is 11.8. The molecule has 2 N–H and O–H groups in total. The van der Waals surface area contributed by atoms with Crippen molar-refractivity contribution >= 4 is 55.1 Å². The smallest absolute Gasteiger partial charge is 0.234 e. The molecule has 0 aliphatic carbocycles. The number of sulfonamides is 1. The van der Waals surface area contributed by atoms with Gasteiger partial charge < -0.3 is 5.32 Å². The van der Waals surface area contributed by atoms with Crippen LogP contribution in [0.5, 0.6) is 0 Å². The molecule has 2 aromatic heterocycles. The molecule has 0 aliphatic rings. The second-order valence-corrected chi connectivity index (χ2v) is 11.4. The number of nitrogens with zero attached hydrogens (tertiary/aromatic N) is 3. The SMILES string of the molecule is O=S(=O)(/C=C/c1ccccc1)NCc1cccc(CNc2cc(-c3ccccc3Cl)nc3c(Br)cnn23)c1. The van der Waals surface area contributed by atoms with E-state index in [9.17, 15) is 8.42 Å². The van der Waals surface area contributed by atoms with Crippen LogP contribution in [0.25, 0.3) is 23.0 Å². The minimum absolute atomic E-state index is 0.178. The van der Waals surface area contributed by atoms with Gasteiger partial charge in [-0.3, -0.25) is 0 Å². The van der Waals surface area contributed by atoms with Crippen molar-refractivity contribution in [3.63, 3.8) is 0 Å². The van der Waals surface area contributed by atoms with Gasteiger partial charge in [-0.25, -0.2) is 18.1 Å². The van der Waals surface area contributed by atoms with Crippen molar-refractivity contribution in [2.75, 3.05) is 5.32 Å². The van der Waals surface area contributed by atoms with Gasteiger partial charge in [0.1, 0.15) is 5.82 Å². The number of nitrogens with one attached hydrogen (secondary N) is 2. The fourth-order valence-electron chi connectivity index (χ4n) is 3.88. The van der Waals surface area contributed by atoms with Crippen LogP contribution in [0, 0.1) is 0 Å². The van der Waals surface area contributed by atoms with Crippen LogP contribution in [0.3, 0.4) is 0 Å². The summed E-state index contributed by atoms with van der Waals surface area (Å²) in [6.45, 7) is 0.671. The molecule has 0 unspecified atom stereocenters. The van der Waals surface area contributed by atoms with Gasteiger partial charge in [0.15, 0.2) is 5.65 Å². The Kier molecular flexibility index (Phi) is 7.90. The highest BCUT2D eigenvalue weighted by Gasteiger charge is 2.13. The van der Waals surface area contributed by atoms with Gasteiger partial charge in [0, 0.05) is 35.2 Å². The van der Waals surface area contributed by atoms with Crippen LogP contribution in [-0.2, 0) is 23.1 Å². The monoisotopic (exact) mass is 607 g/mol. The molecule has 5 rings (SSSR count). The molecule has 2 heterocycles. The maximum absolute atomic E-state index is 12.4. The number of hydrogen-bond donors (Lipinski definition) is 2. The molecule has 3 aromatic carbocycles. The molecule has 0 saturated carbocycles. The topological polar surface area (TPSA) is 88.4 Å². The summed E-state index contributed by atoms with van der Waals surface area (Å²) >= 11 is 9.95. The predicted molar refractivity (Wildman–Crippen MR) is 156 cm³/mol. The first-order valence-corrected chi connectivity index (χ1v) is 14.4. The fourth-order valence-corrected chi connectivity index (χ4v) is 5.26. The average molecular weight is 609 g/mol. The standard InChI is InChI=1S/C28H23BrClN5O2S/c29-24-19-32-35-27(16-26(34-28(24)35)23-11-4-5-12-25(23)30)31-17-21-9-6-10-22(15-21)18-33-38(36,37)14-13-20-7-2-1-3-8-20/h1-16,19,31,33H,17-18H2/b14-13+. The van der Waals surface area contributed by atoms with Gasteiger partial charge in [-0.1, -0.05) is 84.4 Å². The Balaban J connectivity index is 1.31. The molecule has 0 aliphatic heterocycles. The molecule has 0 amide bonds. The Labute approximate surface area is 234 Å². The highest BCUT2D eigenvalue weighted by molar-refractivity contribution is 9.10. The van der Waals surface area contributed by atoms with E-state index in [1.807, 2.05) is 84.9 Å². The van der Waals surface area contributed by atoms with Gasteiger partial charge in [-0.2, -0.15) is 9.61 Å². The largest absolute Gasteiger partial charge is 0.366 e. The molecule has 7 nitrogen and oxygen atoms in total. The molecule has 38 heavy (non-hydrogen) atoms. The highest BCUT2D eigenvalue weighted by atomic mass is 79.9. The summed E-state index contributed by atoms with van der Waals surface area (Å²) in [6.07, 6.45) is 3.27. The van der Waals surface area contributed by atoms with E-state index in [2.05, 4.69) is 31.1 Å². The number of fused-ring (bicyclic) bond motifs is 1. The Bertz CT molecular complexity index is 1720. The van der Waals surface area contributed by atoms with E-state index in [1.165, 1.54) is 5.41 Å². The lowest BCUT2D eigenvalue weighted by Gasteiger charge is -2.12. The molecule has 0 radical (unpaired) electrons. The molecule has 5 aromatic rings. The van der Waals surface area contributed by atoms with E-state index in [4.69, 9.17) is 16.6 Å². The average Bonchev–Trinajstić information content (AvgIpc) is 3.31. The highest BCUT2D eigenvalue weighted by Crippen LogP contribution is 2.30. The second kappa shape index (κ2) is 11.5. The zero-order valence-corrected chi connectivity index (χ0v) is 23.2. The number of rotatable bonds is 9. The molecule has 0 bridgehead atoms. The van der Waals surface area contributed by atoms with Crippen LogP contribution in [0.2, 0.25) is 5.02 Å². The van der Waals surface area contributed by atoms with Crippen LogP contribution in [-0.4, -0.2) is 23.0 Å². The van der Waals surface area contributed by atoms with Gasteiger partial charge in [0.25, 0.3) is 0 Å². The maximum Gasteiger partial charge on any atom is 0.234 e. The fraction of sp³-hybridized carbons (Fsp3) is 0.0714. The van der Waals surface area contributed by atoms with Crippen LogP contribution < -0.4 is 10.0 Å². The van der Waals surface area contributed by atoms with Crippen molar-refractivity contribution in [3.05, 3.63) is 123 Å². The Hall–Kier alpha value is -3.50. The summed E-state index contributed by atoms with van der Waals surface area (Å²) in [4.78, 5) is 4.74. The van der Waals surface area contributed by atoms with Crippen molar-refractivity contribution in [2.45, 2.75) is 13.1 Å². The minimum Gasteiger partial charge on any atom is -0.366 e. The molecule has 0 fully saturated rings. The van der Waals surface area contributed by atoms with Crippen molar-refractivity contribution in [3.8, 4) is 11.3 Å². The lowest BCUT2D eigenvalue weighted by atomic mass is 10.1. The Morgan fingerprint density at radius 1 is 0.921 bits per heavy atom. The third-order valence-corrected chi connectivity index (χ3v) is 7.69. The van der Waals surface area contributed by atoms with E-state index in [0.717, 1.165) is 38.2 Å². The number of anilines is 1. The molecule has 192 valence electrons. The van der Waals surface area contributed by atoms with E-state index in [0.29, 0.717) is 17.2 Å². The molecular formula is C28H23BrClN5O2S. The number of benzene rings is 3. The Morgan fingerprint density at radius 2 is 1.66 bits per heavy atom. The van der Waals surface area contributed by atoms with Gasteiger partial charge in [0.05, 0.1) is 16.4 Å². The van der Waals surface area contributed by atoms with Gasteiger partial charge in [0.2, 0.25) is 10.0 Å². The van der Waals surface area contributed by atoms with Crippen molar-refractivity contribution in [1.82, 2.24) is 19.3 Å². The number of aromatic nitrogens is 3. The minimum atomic E-state index is -3.58. The van der Waals surface area contributed by atoms with E-state index in [1.54, 1.807) is 16.8 Å². The summed E-state index contributed by atoms with van der Waals surface area (Å²) in [7, 11) is -3.58. The summed E-state index contributed by atoms with van der Waals surface area (Å²) in [5, 5.41) is 9.65. The quantitative estimate of drug-likeness (QED) is 0.199. The molecule has 0 atom stereocenters. The number of halogens is 2. The summed E-state index contributed by atoms with van der Waals surface area (Å²) in [5.41, 5.74) is 4.85. The summed E-state index contributed by atoms with van der Waals surface area (Å²) < 4.78 is 30.0. The lowest BCUT2D eigenvalue weighted by molar-refractivity contribution is 0.591. The van der Waals surface area contributed by atoms with E-state index in [-0.39, 0.29) is 6.54 Å². The lowest BCUT2D eigenvalue weighted by Crippen LogP contribution is -2.20. The third-order valence-electron chi connectivity index (χ3n) is 5.76. The second-order valence-electron chi connectivity index (χ2n) is 8.49. The first-order chi connectivity index (χ1) is 18.4. The van der Waals surface area contributed by atoms with Crippen LogP contribution >= 0.6 is 27.5 Å². The van der Waals surface area contributed by atoms with Crippen LogP contribution in [0.4, 0.5) is 5.82 Å². The predicted octanol–water partition coefficient (Wildman–Crippen LogP) is 6.51. The first-order valence-electron chi connectivity index (χ1n) is 11.7. The number of hydrogen-bond acceptors (Lipinski definition) is 5.